The van der Waals surface area contributed by atoms with Gasteiger partial charge in [-0.3, -0.25) is 5.10 Å². The number of hydrogen-bond acceptors (Lipinski definition) is 5. The number of amides is 1. The van der Waals surface area contributed by atoms with E-state index in [2.05, 4.69) is 65.0 Å². The van der Waals surface area contributed by atoms with E-state index in [1.807, 2.05) is 37.8 Å². The zero-order valence-electron chi connectivity index (χ0n) is 22.0. The molecule has 1 aliphatic heterocycles. The predicted molar refractivity (Wildman–Crippen MR) is 144 cm³/mol. The van der Waals surface area contributed by atoms with E-state index < -0.39 is 11.7 Å². The first-order chi connectivity index (χ1) is 17.8. The number of nitrogens with one attached hydrogen (secondary N) is 2. The lowest BCUT2D eigenvalue weighted by molar-refractivity contribution is -0.0390. The van der Waals surface area contributed by atoms with Crippen LogP contribution in [0.3, 0.4) is 0 Å². The number of nitrogens with zero attached hydrogens (tertiary/aromatic N) is 3. The van der Waals surface area contributed by atoms with Gasteiger partial charge in [-0.2, -0.15) is 10.2 Å². The minimum absolute atomic E-state index is 0.0168. The highest BCUT2D eigenvalue weighted by Crippen LogP contribution is 2.38. The van der Waals surface area contributed by atoms with Crippen molar-refractivity contribution in [3.8, 4) is 22.3 Å². The number of fused-ring (bicyclic) bond motifs is 1. The Kier molecular flexibility index (Phi) is 7.02. The molecule has 2 N–H and O–H groups in total. The van der Waals surface area contributed by atoms with E-state index in [0.29, 0.717) is 6.54 Å². The number of ether oxygens (including phenoxy) is 2. The summed E-state index contributed by atoms with van der Waals surface area (Å²) in [5.74, 6) is 0.145. The van der Waals surface area contributed by atoms with Gasteiger partial charge in [0.15, 0.2) is 0 Å². The van der Waals surface area contributed by atoms with Crippen molar-refractivity contribution in [2.24, 2.45) is 0 Å². The first kappa shape index (κ1) is 25.0. The average Bonchev–Trinajstić information content (AvgIpc) is 3.57. The van der Waals surface area contributed by atoms with Gasteiger partial charge in [0.25, 0.3) is 0 Å². The highest BCUT2D eigenvalue weighted by molar-refractivity contribution is 6.02. The number of aromatic amines is 1. The smallest absolute Gasteiger partial charge is 0.407 e. The van der Waals surface area contributed by atoms with Crippen molar-refractivity contribution in [3.63, 3.8) is 0 Å². The molecule has 0 saturated carbocycles. The summed E-state index contributed by atoms with van der Waals surface area (Å²) in [4.78, 5) is 12.0. The molecule has 0 radical (unpaired) electrons. The maximum Gasteiger partial charge on any atom is 0.407 e. The highest BCUT2D eigenvalue weighted by Gasteiger charge is 2.21. The second-order valence-electron chi connectivity index (χ2n) is 10.7. The Hall–Kier alpha value is -3.65. The molecule has 5 rings (SSSR count). The molecule has 0 spiro atoms. The van der Waals surface area contributed by atoms with Crippen molar-refractivity contribution in [1.29, 1.82) is 0 Å². The molecule has 2 aromatic heterocycles. The normalized spacial score (nSPS) is 17.0. The molecule has 194 valence electrons. The average molecular weight is 502 g/mol. The van der Waals surface area contributed by atoms with Crippen molar-refractivity contribution in [2.45, 2.75) is 64.7 Å². The fourth-order valence-corrected chi connectivity index (χ4v) is 4.79. The largest absolute Gasteiger partial charge is 0.444 e. The molecule has 0 aliphatic carbocycles. The third-order valence-corrected chi connectivity index (χ3v) is 6.69. The van der Waals surface area contributed by atoms with E-state index in [1.54, 1.807) is 0 Å². The molecule has 4 aromatic rings. The van der Waals surface area contributed by atoms with Crippen LogP contribution < -0.4 is 5.32 Å². The Labute approximate surface area is 217 Å². The van der Waals surface area contributed by atoms with Gasteiger partial charge >= 0.3 is 6.09 Å². The molecular weight excluding hydrogens is 466 g/mol. The summed E-state index contributed by atoms with van der Waals surface area (Å²) >= 11 is 0. The van der Waals surface area contributed by atoms with Crippen LogP contribution in [0.15, 0.2) is 55.0 Å². The van der Waals surface area contributed by atoms with E-state index in [0.717, 1.165) is 64.6 Å². The molecular formula is C29H35N5O3. The van der Waals surface area contributed by atoms with E-state index in [1.165, 1.54) is 0 Å². The maximum atomic E-state index is 12.0. The Bertz CT molecular complexity index is 1350. The van der Waals surface area contributed by atoms with Gasteiger partial charge in [-0.25, -0.2) is 9.48 Å². The molecule has 2 aromatic carbocycles. The highest BCUT2D eigenvalue weighted by atomic mass is 16.6. The molecule has 1 aliphatic rings. The fourth-order valence-electron chi connectivity index (χ4n) is 4.79. The molecule has 37 heavy (non-hydrogen) atoms. The van der Waals surface area contributed by atoms with E-state index in [4.69, 9.17) is 14.6 Å². The van der Waals surface area contributed by atoms with Crippen molar-refractivity contribution in [2.75, 3.05) is 13.2 Å². The van der Waals surface area contributed by atoms with Crippen LogP contribution in [0.4, 0.5) is 4.79 Å². The summed E-state index contributed by atoms with van der Waals surface area (Å²) in [5.41, 5.74) is 5.91. The van der Waals surface area contributed by atoms with Crippen LogP contribution in [0.2, 0.25) is 0 Å². The minimum atomic E-state index is -0.511. The number of H-pyrrole nitrogens is 1. The summed E-state index contributed by atoms with van der Waals surface area (Å²) in [5, 5.41) is 16.0. The van der Waals surface area contributed by atoms with Crippen LogP contribution in [-0.2, 0) is 9.47 Å². The predicted octanol–water partition coefficient (Wildman–Crippen LogP) is 6.42. The van der Waals surface area contributed by atoms with Crippen LogP contribution in [0.25, 0.3) is 33.2 Å². The van der Waals surface area contributed by atoms with Crippen LogP contribution in [-0.4, -0.2) is 44.8 Å². The maximum absolute atomic E-state index is 12.0. The summed E-state index contributed by atoms with van der Waals surface area (Å²) in [6.07, 6.45) is 8.70. The van der Waals surface area contributed by atoms with Gasteiger partial charge in [0.1, 0.15) is 11.8 Å². The summed E-state index contributed by atoms with van der Waals surface area (Å²) < 4.78 is 13.3. The number of hydrogen-bond donors (Lipinski definition) is 2. The van der Waals surface area contributed by atoms with Crippen molar-refractivity contribution >= 4 is 17.0 Å². The molecule has 8 heteroatoms. The molecule has 2 unspecified atom stereocenters. The number of alkyl carbamates (subject to hydrolysis) is 1. The lowest BCUT2D eigenvalue weighted by Gasteiger charge is -2.22. The van der Waals surface area contributed by atoms with Crippen molar-refractivity contribution < 1.29 is 14.3 Å². The summed E-state index contributed by atoms with van der Waals surface area (Å²) in [6, 6.07) is 12.7. The second-order valence-corrected chi connectivity index (χ2v) is 10.7. The van der Waals surface area contributed by atoms with Gasteiger partial charge in [0, 0.05) is 42.1 Å². The third-order valence-electron chi connectivity index (χ3n) is 6.69. The zero-order chi connectivity index (χ0) is 26.0. The van der Waals surface area contributed by atoms with Gasteiger partial charge in [0.2, 0.25) is 0 Å². The summed E-state index contributed by atoms with van der Waals surface area (Å²) in [7, 11) is 0. The zero-order valence-corrected chi connectivity index (χ0v) is 22.0. The number of benzene rings is 2. The third kappa shape index (κ3) is 5.69. The molecule has 8 nitrogen and oxygen atoms in total. The van der Waals surface area contributed by atoms with Gasteiger partial charge in [-0.05, 0) is 68.7 Å². The van der Waals surface area contributed by atoms with Crippen LogP contribution in [0.1, 0.15) is 64.7 Å². The number of carbonyl (C=O) groups excluding carboxylic acids is 1. The molecule has 2 atom stereocenters. The number of aromatic nitrogens is 4. The monoisotopic (exact) mass is 501 g/mol. The molecule has 0 bridgehead atoms. The minimum Gasteiger partial charge on any atom is -0.444 e. The van der Waals surface area contributed by atoms with Crippen molar-refractivity contribution in [3.05, 3.63) is 60.6 Å². The first-order valence-electron chi connectivity index (χ1n) is 13.0. The Morgan fingerprint density at radius 3 is 2.68 bits per heavy atom. The van der Waals surface area contributed by atoms with E-state index in [9.17, 15) is 4.79 Å². The van der Waals surface area contributed by atoms with Gasteiger partial charge < -0.3 is 14.8 Å². The lowest BCUT2D eigenvalue weighted by Crippen LogP contribution is -2.34. The number of rotatable bonds is 6. The molecule has 3 heterocycles. The Balaban J connectivity index is 1.42. The quantitative estimate of drug-likeness (QED) is 0.318. The van der Waals surface area contributed by atoms with E-state index >= 15 is 0 Å². The van der Waals surface area contributed by atoms with Crippen LogP contribution in [0.5, 0.6) is 0 Å². The molecule has 1 amide bonds. The van der Waals surface area contributed by atoms with Gasteiger partial charge in [-0.15, -0.1) is 0 Å². The van der Waals surface area contributed by atoms with Crippen LogP contribution in [0, 0.1) is 0 Å². The van der Waals surface area contributed by atoms with Gasteiger partial charge in [0.05, 0.1) is 11.7 Å². The Morgan fingerprint density at radius 2 is 2.00 bits per heavy atom. The standard InChI is InChI=1S/C29H35N5O3/c1-19(15-30-28(35)37-29(2,3)4)20-8-10-21(11-9-20)23-12-13-25-24(27(23)22-16-31-32-17-22)18-34(33-25)26-7-5-6-14-36-26/h8-13,16-19,26H,5-7,14-15H2,1-4H3,(H,30,35)(H,31,32). The van der Waals surface area contributed by atoms with Crippen LogP contribution >= 0.6 is 0 Å². The fraction of sp³-hybridized carbons (Fsp3) is 0.414. The van der Waals surface area contributed by atoms with Gasteiger partial charge in [-0.1, -0.05) is 37.3 Å². The van der Waals surface area contributed by atoms with Crippen molar-refractivity contribution in [1.82, 2.24) is 25.3 Å². The Morgan fingerprint density at radius 1 is 1.19 bits per heavy atom. The van der Waals surface area contributed by atoms with E-state index in [-0.39, 0.29) is 12.1 Å². The number of carbonyl (C=O) groups is 1. The SMILES string of the molecule is CC(CNC(=O)OC(C)(C)C)c1ccc(-c2ccc3nn(C4CCCCO4)cc3c2-c2cn[nH]c2)cc1. The molecule has 1 saturated heterocycles. The first-order valence-corrected chi connectivity index (χ1v) is 13.0. The molecule has 1 fully saturated rings. The summed E-state index contributed by atoms with van der Waals surface area (Å²) in [6.45, 7) is 8.95. The topological polar surface area (TPSA) is 94.1 Å². The lowest BCUT2D eigenvalue weighted by atomic mass is 9.91. The second kappa shape index (κ2) is 10.4.